The van der Waals surface area contributed by atoms with E-state index >= 15 is 0 Å². The van der Waals surface area contributed by atoms with E-state index in [1.807, 2.05) is 41.8 Å². The molecule has 1 aliphatic rings. The maximum atomic E-state index is 12.6. The molecule has 0 spiro atoms. The van der Waals surface area contributed by atoms with Crippen molar-refractivity contribution < 1.29 is 9.59 Å². The minimum atomic E-state index is -0.469. The number of benzene rings is 1. The lowest BCUT2D eigenvalue weighted by Crippen LogP contribution is -2.32. The second kappa shape index (κ2) is 8.26. The molecule has 0 saturated heterocycles. The van der Waals surface area contributed by atoms with Crippen molar-refractivity contribution in [3.8, 4) is 0 Å². The highest BCUT2D eigenvalue weighted by Crippen LogP contribution is 2.38. The first-order valence-electron chi connectivity index (χ1n) is 9.19. The van der Waals surface area contributed by atoms with Crippen LogP contribution in [0, 0.1) is 0 Å². The molecule has 0 fully saturated rings. The highest BCUT2D eigenvalue weighted by Gasteiger charge is 2.26. The van der Waals surface area contributed by atoms with E-state index in [2.05, 4.69) is 16.7 Å². The molecule has 1 aromatic carbocycles. The molecular weight excluding hydrogens is 390 g/mol. The van der Waals surface area contributed by atoms with Crippen LogP contribution in [0.2, 0.25) is 0 Å². The predicted molar refractivity (Wildman–Crippen MR) is 114 cm³/mol. The third-order valence-electron chi connectivity index (χ3n) is 4.85. The molecule has 0 bridgehead atoms. The molecule has 2 aromatic heterocycles. The Labute approximate surface area is 171 Å². The smallest absolute Gasteiger partial charge is 0.251 e. The number of anilines is 1. The zero-order valence-electron chi connectivity index (χ0n) is 15.2. The summed E-state index contributed by atoms with van der Waals surface area (Å²) in [5.74, 6) is -0.650. The summed E-state index contributed by atoms with van der Waals surface area (Å²) in [5, 5.41) is 8.84. The Morgan fingerprint density at radius 2 is 1.93 bits per heavy atom. The van der Waals surface area contributed by atoms with E-state index in [1.165, 1.54) is 11.3 Å². The molecule has 0 saturated carbocycles. The third kappa shape index (κ3) is 3.87. The highest BCUT2D eigenvalue weighted by molar-refractivity contribution is 7.17. The van der Waals surface area contributed by atoms with Crippen LogP contribution >= 0.6 is 22.7 Å². The number of thiophene rings is 2. The number of fused-ring (bicyclic) bond motifs is 1. The molecule has 3 aromatic rings. The SMILES string of the molecule is NC(=O)c1c(NC(=O)CNC(c2ccccc2)c2cccs2)sc2c1CCC2. The van der Waals surface area contributed by atoms with Gasteiger partial charge >= 0.3 is 0 Å². The molecule has 2 amide bonds. The number of aryl methyl sites for hydroxylation is 1. The van der Waals surface area contributed by atoms with Crippen molar-refractivity contribution in [2.24, 2.45) is 5.73 Å². The molecule has 28 heavy (non-hydrogen) atoms. The molecule has 4 rings (SSSR count). The standard InChI is InChI=1S/C21H21N3O2S2/c22-20(26)18-14-8-4-9-15(14)28-21(18)24-17(25)12-23-19(16-10-5-11-27-16)13-6-2-1-3-7-13/h1-3,5-7,10-11,19,23H,4,8-9,12H2,(H2,22,26)(H,24,25). The lowest BCUT2D eigenvalue weighted by atomic mass is 10.1. The molecule has 1 unspecified atom stereocenters. The summed E-state index contributed by atoms with van der Waals surface area (Å²) in [6.45, 7) is 0.137. The van der Waals surface area contributed by atoms with Gasteiger partial charge in [0.1, 0.15) is 5.00 Å². The van der Waals surface area contributed by atoms with Crippen molar-refractivity contribution in [3.63, 3.8) is 0 Å². The van der Waals surface area contributed by atoms with Gasteiger partial charge < -0.3 is 11.1 Å². The molecule has 1 aliphatic carbocycles. The zero-order valence-corrected chi connectivity index (χ0v) is 16.9. The van der Waals surface area contributed by atoms with E-state index in [4.69, 9.17) is 5.73 Å². The van der Waals surface area contributed by atoms with E-state index in [0.29, 0.717) is 10.6 Å². The maximum absolute atomic E-state index is 12.6. The molecule has 7 heteroatoms. The number of carbonyl (C=O) groups is 2. The van der Waals surface area contributed by atoms with Gasteiger partial charge in [0.05, 0.1) is 18.2 Å². The molecule has 4 N–H and O–H groups in total. The lowest BCUT2D eigenvalue weighted by molar-refractivity contribution is -0.115. The number of nitrogens with two attached hydrogens (primary N) is 1. The number of amides is 2. The normalized spacial score (nSPS) is 13.9. The van der Waals surface area contributed by atoms with Gasteiger partial charge in [0.25, 0.3) is 5.91 Å². The number of nitrogens with one attached hydrogen (secondary N) is 2. The fourth-order valence-corrected chi connectivity index (χ4v) is 5.74. The van der Waals surface area contributed by atoms with Crippen LogP contribution in [0.1, 0.15) is 43.7 Å². The molecule has 0 radical (unpaired) electrons. The van der Waals surface area contributed by atoms with Crippen LogP contribution < -0.4 is 16.4 Å². The van der Waals surface area contributed by atoms with Crippen molar-refractivity contribution in [2.45, 2.75) is 25.3 Å². The monoisotopic (exact) mass is 411 g/mol. The number of hydrogen-bond acceptors (Lipinski definition) is 5. The Morgan fingerprint density at radius 3 is 2.64 bits per heavy atom. The van der Waals surface area contributed by atoms with Crippen LogP contribution in [-0.4, -0.2) is 18.4 Å². The summed E-state index contributed by atoms with van der Waals surface area (Å²) in [7, 11) is 0. The van der Waals surface area contributed by atoms with Crippen molar-refractivity contribution in [1.29, 1.82) is 0 Å². The van der Waals surface area contributed by atoms with Crippen LogP contribution in [0.5, 0.6) is 0 Å². The summed E-state index contributed by atoms with van der Waals surface area (Å²) in [4.78, 5) is 26.8. The molecule has 0 aliphatic heterocycles. The average molecular weight is 412 g/mol. The Hall–Kier alpha value is -2.48. The first kappa shape index (κ1) is 18.9. The van der Waals surface area contributed by atoms with Gasteiger partial charge in [-0.3, -0.25) is 14.9 Å². The van der Waals surface area contributed by atoms with Crippen LogP contribution in [0.4, 0.5) is 5.00 Å². The molecular formula is C21H21N3O2S2. The van der Waals surface area contributed by atoms with Gasteiger partial charge in [0.15, 0.2) is 0 Å². The first-order valence-corrected chi connectivity index (χ1v) is 10.9. The van der Waals surface area contributed by atoms with Crippen molar-refractivity contribution >= 4 is 39.5 Å². The van der Waals surface area contributed by atoms with Crippen molar-refractivity contribution in [3.05, 3.63) is 74.3 Å². The average Bonchev–Trinajstić information content (AvgIpc) is 3.40. The van der Waals surface area contributed by atoms with Crippen LogP contribution in [-0.2, 0) is 17.6 Å². The minimum absolute atomic E-state index is 0.0593. The quantitative estimate of drug-likeness (QED) is 0.554. The number of hydrogen-bond donors (Lipinski definition) is 3. The van der Waals surface area contributed by atoms with Gasteiger partial charge in [-0.2, -0.15) is 0 Å². The van der Waals surface area contributed by atoms with Crippen molar-refractivity contribution in [2.75, 3.05) is 11.9 Å². The maximum Gasteiger partial charge on any atom is 0.251 e. The summed E-state index contributed by atoms with van der Waals surface area (Å²) in [6.07, 6.45) is 2.84. The van der Waals surface area contributed by atoms with Crippen LogP contribution in [0.3, 0.4) is 0 Å². The van der Waals surface area contributed by atoms with Gasteiger partial charge in [0.2, 0.25) is 5.91 Å². The van der Waals surface area contributed by atoms with E-state index in [0.717, 1.165) is 40.1 Å². The topological polar surface area (TPSA) is 84.2 Å². The predicted octanol–water partition coefficient (Wildman–Crippen LogP) is 3.71. The van der Waals surface area contributed by atoms with Gasteiger partial charge in [-0.1, -0.05) is 36.4 Å². The fraction of sp³-hybridized carbons (Fsp3) is 0.238. The Morgan fingerprint density at radius 1 is 1.11 bits per heavy atom. The second-order valence-electron chi connectivity index (χ2n) is 6.71. The van der Waals surface area contributed by atoms with E-state index < -0.39 is 5.91 Å². The fourth-order valence-electron chi connectivity index (χ4n) is 3.60. The van der Waals surface area contributed by atoms with E-state index in [9.17, 15) is 9.59 Å². The Kier molecular flexibility index (Phi) is 5.57. The summed E-state index contributed by atoms with van der Waals surface area (Å²) < 4.78 is 0. The lowest BCUT2D eigenvalue weighted by Gasteiger charge is -2.18. The third-order valence-corrected chi connectivity index (χ3v) is 6.99. The van der Waals surface area contributed by atoms with E-state index in [1.54, 1.807) is 11.3 Å². The Balaban J connectivity index is 1.47. The van der Waals surface area contributed by atoms with Crippen molar-refractivity contribution in [1.82, 2.24) is 5.32 Å². The molecule has 2 heterocycles. The van der Waals surface area contributed by atoms with Crippen LogP contribution in [0.25, 0.3) is 0 Å². The highest BCUT2D eigenvalue weighted by atomic mass is 32.1. The van der Waals surface area contributed by atoms with Gasteiger partial charge in [-0.05, 0) is 41.8 Å². The largest absolute Gasteiger partial charge is 0.365 e. The molecule has 5 nitrogen and oxygen atoms in total. The molecule has 144 valence electrons. The molecule has 1 atom stereocenters. The number of primary amides is 1. The Bertz CT molecular complexity index is 981. The van der Waals surface area contributed by atoms with Gasteiger partial charge in [0, 0.05) is 9.75 Å². The van der Waals surface area contributed by atoms with E-state index in [-0.39, 0.29) is 18.5 Å². The summed E-state index contributed by atoms with van der Waals surface area (Å²) in [5.41, 5.74) is 8.18. The van der Waals surface area contributed by atoms with Gasteiger partial charge in [-0.25, -0.2) is 0 Å². The number of rotatable bonds is 7. The first-order chi connectivity index (χ1) is 13.6. The summed E-state index contributed by atoms with van der Waals surface area (Å²) >= 11 is 3.13. The number of carbonyl (C=O) groups excluding carboxylic acids is 2. The van der Waals surface area contributed by atoms with Gasteiger partial charge in [-0.15, -0.1) is 22.7 Å². The summed E-state index contributed by atoms with van der Waals surface area (Å²) in [6, 6.07) is 14.0. The van der Waals surface area contributed by atoms with Crippen LogP contribution in [0.15, 0.2) is 47.8 Å². The zero-order chi connectivity index (χ0) is 19.5. The second-order valence-corrected chi connectivity index (χ2v) is 8.80. The minimum Gasteiger partial charge on any atom is -0.365 e.